The Morgan fingerprint density at radius 3 is 2.23 bits per heavy atom. The van der Waals surface area contributed by atoms with Crippen LogP contribution in [0.4, 0.5) is 0 Å². The molecule has 8 nitrogen and oxygen atoms in total. The van der Waals surface area contributed by atoms with E-state index >= 15 is 0 Å². The topological polar surface area (TPSA) is 88.4 Å². The van der Waals surface area contributed by atoms with Crippen molar-refractivity contribution in [3.05, 3.63) is 77.9 Å². The quantitative estimate of drug-likeness (QED) is 0.590. The Morgan fingerprint density at radius 2 is 1.67 bits per heavy atom. The molecule has 0 N–H and O–H groups in total. The number of imide groups is 1. The first kappa shape index (κ1) is 19.5. The number of nitrogens with zero attached hydrogens (tertiary/aromatic N) is 5. The lowest BCUT2D eigenvalue weighted by atomic mass is 10.1. The molecule has 8 heteroatoms. The van der Waals surface area contributed by atoms with Crippen LogP contribution in [-0.4, -0.2) is 55.9 Å². The van der Waals surface area contributed by atoms with E-state index in [2.05, 4.69) is 10.1 Å². The summed E-state index contributed by atoms with van der Waals surface area (Å²) in [6.07, 6.45) is 3.16. The summed E-state index contributed by atoms with van der Waals surface area (Å²) < 4.78 is 1.66. The van der Waals surface area contributed by atoms with Gasteiger partial charge in [0.25, 0.3) is 11.8 Å². The van der Waals surface area contributed by atoms with E-state index in [1.165, 1.54) is 6.33 Å². The molecule has 3 amide bonds. The van der Waals surface area contributed by atoms with Crippen LogP contribution in [0.1, 0.15) is 45.7 Å². The molecule has 1 aliphatic heterocycles. The third-order valence-corrected chi connectivity index (χ3v) is 5.46. The fourth-order valence-corrected chi connectivity index (χ4v) is 3.51. The van der Waals surface area contributed by atoms with Gasteiger partial charge >= 0.3 is 0 Å². The molecule has 0 bridgehead atoms. The van der Waals surface area contributed by atoms with Gasteiger partial charge in [-0.1, -0.05) is 24.3 Å². The first-order valence-corrected chi connectivity index (χ1v) is 9.63. The molecule has 2 aromatic carbocycles. The average Bonchev–Trinajstić information content (AvgIpc) is 3.40. The van der Waals surface area contributed by atoms with E-state index in [0.717, 1.165) is 16.2 Å². The van der Waals surface area contributed by atoms with Crippen molar-refractivity contribution in [3.8, 4) is 5.69 Å². The number of hydrogen-bond donors (Lipinski definition) is 0. The van der Waals surface area contributed by atoms with Crippen molar-refractivity contribution in [2.75, 3.05) is 13.6 Å². The van der Waals surface area contributed by atoms with Crippen LogP contribution in [0, 0.1) is 0 Å². The number of rotatable bonds is 6. The van der Waals surface area contributed by atoms with Gasteiger partial charge in [-0.3, -0.25) is 19.3 Å². The van der Waals surface area contributed by atoms with Gasteiger partial charge in [0.1, 0.15) is 12.7 Å². The zero-order valence-electron chi connectivity index (χ0n) is 16.7. The SMILES string of the molecule is C[C@H](c1ccc(-n2cncn2)cc1)N(C)C(=O)CCN1C(=O)c2ccccc2C1=O. The number of benzene rings is 2. The highest BCUT2D eigenvalue weighted by molar-refractivity contribution is 6.21. The Hall–Kier alpha value is -3.81. The predicted octanol–water partition coefficient (Wildman–Crippen LogP) is 2.47. The van der Waals surface area contributed by atoms with Crippen molar-refractivity contribution in [2.24, 2.45) is 0 Å². The van der Waals surface area contributed by atoms with E-state index in [1.54, 1.807) is 47.2 Å². The summed E-state index contributed by atoms with van der Waals surface area (Å²) in [5.74, 6) is -0.829. The van der Waals surface area contributed by atoms with Crippen molar-refractivity contribution in [2.45, 2.75) is 19.4 Å². The maximum atomic E-state index is 12.7. The minimum atomic E-state index is -0.345. The Labute approximate surface area is 173 Å². The molecule has 0 spiro atoms. The largest absolute Gasteiger partial charge is 0.339 e. The third-order valence-electron chi connectivity index (χ3n) is 5.46. The normalized spacial score (nSPS) is 14.0. The summed E-state index contributed by atoms with van der Waals surface area (Å²) in [4.78, 5) is 44.3. The minimum Gasteiger partial charge on any atom is -0.339 e. The lowest BCUT2D eigenvalue weighted by Gasteiger charge is -2.26. The van der Waals surface area contributed by atoms with Crippen molar-refractivity contribution in [3.63, 3.8) is 0 Å². The summed E-state index contributed by atoms with van der Waals surface area (Å²) in [6, 6.07) is 14.3. The second-order valence-corrected chi connectivity index (χ2v) is 7.17. The van der Waals surface area contributed by atoms with Crippen molar-refractivity contribution in [1.29, 1.82) is 0 Å². The van der Waals surface area contributed by atoms with Gasteiger partial charge in [-0.05, 0) is 36.8 Å². The van der Waals surface area contributed by atoms with Crippen LogP contribution in [0.25, 0.3) is 5.69 Å². The number of aromatic nitrogens is 3. The number of amides is 3. The van der Waals surface area contributed by atoms with Gasteiger partial charge in [-0.25, -0.2) is 9.67 Å². The summed E-state index contributed by atoms with van der Waals surface area (Å²) in [5.41, 5.74) is 2.63. The number of fused-ring (bicyclic) bond motifs is 1. The molecule has 2 heterocycles. The predicted molar refractivity (Wildman–Crippen MR) is 109 cm³/mol. The highest BCUT2D eigenvalue weighted by Crippen LogP contribution is 2.24. The molecule has 3 aromatic rings. The molecule has 30 heavy (non-hydrogen) atoms. The van der Waals surface area contributed by atoms with Crippen molar-refractivity contribution < 1.29 is 14.4 Å². The van der Waals surface area contributed by atoms with Crippen LogP contribution in [0.5, 0.6) is 0 Å². The second-order valence-electron chi connectivity index (χ2n) is 7.17. The van der Waals surface area contributed by atoms with Gasteiger partial charge in [-0.2, -0.15) is 5.10 Å². The van der Waals surface area contributed by atoms with E-state index in [1.807, 2.05) is 31.2 Å². The van der Waals surface area contributed by atoms with E-state index in [0.29, 0.717) is 11.1 Å². The number of carbonyl (C=O) groups excluding carboxylic acids is 3. The maximum Gasteiger partial charge on any atom is 0.261 e. The lowest BCUT2D eigenvalue weighted by Crippen LogP contribution is -2.36. The van der Waals surface area contributed by atoms with Crippen molar-refractivity contribution >= 4 is 17.7 Å². The van der Waals surface area contributed by atoms with Crippen LogP contribution in [0.3, 0.4) is 0 Å². The van der Waals surface area contributed by atoms with Crippen molar-refractivity contribution in [1.82, 2.24) is 24.6 Å². The smallest absolute Gasteiger partial charge is 0.261 e. The monoisotopic (exact) mass is 403 g/mol. The summed E-state index contributed by atoms with van der Waals surface area (Å²) in [5, 5.41) is 4.09. The van der Waals surface area contributed by atoms with Crippen LogP contribution in [-0.2, 0) is 4.79 Å². The van der Waals surface area contributed by atoms with Crippen LogP contribution >= 0.6 is 0 Å². The lowest BCUT2D eigenvalue weighted by molar-refractivity contribution is -0.131. The summed E-state index contributed by atoms with van der Waals surface area (Å²) >= 11 is 0. The van der Waals surface area contributed by atoms with Gasteiger partial charge in [0, 0.05) is 20.0 Å². The first-order chi connectivity index (χ1) is 14.5. The van der Waals surface area contributed by atoms with Crippen LogP contribution in [0.2, 0.25) is 0 Å². The molecule has 0 saturated carbocycles. The molecule has 1 aromatic heterocycles. The van der Waals surface area contributed by atoms with Gasteiger partial charge < -0.3 is 4.90 Å². The fourth-order valence-electron chi connectivity index (χ4n) is 3.51. The molecule has 152 valence electrons. The molecule has 0 fully saturated rings. The Bertz CT molecular complexity index is 1060. The van der Waals surface area contributed by atoms with E-state index in [-0.39, 0.29) is 36.7 Å². The van der Waals surface area contributed by atoms with Gasteiger partial charge in [-0.15, -0.1) is 0 Å². The van der Waals surface area contributed by atoms with Crippen LogP contribution < -0.4 is 0 Å². The molecular formula is C22H21N5O3. The molecule has 0 unspecified atom stereocenters. The van der Waals surface area contributed by atoms with Gasteiger partial charge in [0.15, 0.2) is 0 Å². The summed E-state index contributed by atoms with van der Waals surface area (Å²) in [6.45, 7) is 2.00. The Morgan fingerprint density at radius 1 is 1.03 bits per heavy atom. The summed E-state index contributed by atoms with van der Waals surface area (Å²) in [7, 11) is 1.72. The standard InChI is InChI=1S/C22H21N5O3/c1-15(16-7-9-17(10-8-16)27-14-23-13-24-27)25(2)20(28)11-12-26-21(29)18-5-3-4-6-19(18)22(26)30/h3-10,13-15H,11-12H2,1-2H3/t15-/m1/s1. The average molecular weight is 403 g/mol. The zero-order valence-corrected chi connectivity index (χ0v) is 16.7. The highest BCUT2D eigenvalue weighted by Gasteiger charge is 2.35. The van der Waals surface area contributed by atoms with E-state index in [4.69, 9.17) is 0 Å². The number of hydrogen-bond acceptors (Lipinski definition) is 5. The zero-order chi connectivity index (χ0) is 21.3. The van der Waals surface area contributed by atoms with E-state index in [9.17, 15) is 14.4 Å². The molecule has 0 radical (unpaired) electrons. The molecule has 1 aliphatic rings. The number of carbonyl (C=O) groups is 3. The Kier molecular flexibility index (Phi) is 5.14. The molecule has 4 rings (SSSR count). The molecule has 0 saturated heterocycles. The highest BCUT2D eigenvalue weighted by atomic mass is 16.2. The first-order valence-electron chi connectivity index (χ1n) is 9.63. The fraction of sp³-hybridized carbons (Fsp3) is 0.227. The third kappa shape index (κ3) is 3.47. The molecule has 1 atom stereocenters. The van der Waals surface area contributed by atoms with Gasteiger partial charge in [0.2, 0.25) is 5.91 Å². The Balaban J connectivity index is 1.38. The maximum absolute atomic E-state index is 12.7. The minimum absolute atomic E-state index is 0.0630. The van der Waals surface area contributed by atoms with Crippen LogP contribution in [0.15, 0.2) is 61.2 Å². The molecular weight excluding hydrogens is 382 g/mol. The van der Waals surface area contributed by atoms with E-state index < -0.39 is 0 Å². The van der Waals surface area contributed by atoms with Gasteiger partial charge in [0.05, 0.1) is 22.9 Å². The second kappa shape index (κ2) is 7.90. The molecule has 0 aliphatic carbocycles.